The maximum absolute atomic E-state index is 13.9. The number of nitrogens with zero attached hydrogens (tertiary/aromatic N) is 2. The molecule has 9 heteroatoms. The van der Waals surface area contributed by atoms with Crippen LogP contribution in [0.25, 0.3) is 0 Å². The second-order valence-corrected chi connectivity index (χ2v) is 10.2. The topological polar surface area (TPSA) is 57.7 Å². The van der Waals surface area contributed by atoms with Gasteiger partial charge in [0.25, 0.3) is 10.0 Å². The van der Waals surface area contributed by atoms with Gasteiger partial charge in [-0.3, -0.25) is 4.79 Å². The first kappa shape index (κ1) is 19.3. The normalized spacial score (nSPS) is 14.6. The summed E-state index contributed by atoms with van der Waals surface area (Å²) in [7, 11) is -2.43. The van der Waals surface area contributed by atoms with Crippen LogP contribution < -0.4 is 0 Å². The summed E-state index contributed by atoms with van der Waals surface area (Å²) in [6.45, 7) is -0.169. The molecule has 5 nitrogen and oxygen atoms in total. The summed E-state index contributed by atoms with van der Waals surface area (Å²) < 4.78 is 40.5. The predicted octanol–water partition coefficient (Wildman–Crippen LogP) is 3.35. The van der Waals surface area contributed by atoms with Crippen LogP contribution in [-0.2, 0) is 21.4 Å². The summed E-state index contributed by atoms with van der Waals surface area (Å²) in [5.74, 6) is -0.718. The lowest BCUT2D eigenvalue weighted by Crippen LogP contribution is -2.41. The number of hydrogen-bond acceptors (Lipinski definition) is 4. The summed E-state index contributed by atoms with van der Waals surface area (Å²) in [4.78, 5) is 14.3. The molecule has 1 heterocycles. The van der Waals surface area contributed by atoms with Crippen molar-refractivity contribution in [1.82, 2.24) is 9.21 Å². The monoisotopic (exact) mass is 416 g/mol. The molecule has 2 aromatic rings. The third kappa shape index (κ3) is 4.25. The predicted molar refractivity (Wildman–Crippen MR) is 99.1 cm³/mol. The SMILES string of the molecule is CN(CC(=O)N(Cc1ccccc1F)C1CC1)S(=O)(=O)c1ccc(Cl)s1. The van der Waals surface area contributed by atoms with Crippen molar-refractivity contribution >= 4 is 38.9 Å². The zero-order chi connectivity index (χ0) is 18.9. The van der Waals surface area contributed by atoms with Gasteiger partial charge in [-0.05, 0) is 31.0 Å². The van der Waals surface area contributed by atoms with Gasteiger partial charge in [0.15, 0.2) is 0 Å². The highest BCUT2D eigenvalue weighted by Gasteiger charge is 2.35. The Kier molecular flexibility index (Phi) is 5.67. The Labute approximate surface area is 161 Å². The molecule has 140 valence electrons. The molecular formula is C17H18ClFN2O3S2. The quantitative estimate of drug-likeness (QED) is 0.695. The van der Waals surface area contributed by atoms with Crippen molar-refractivity contribution in [2.75, 3.05) is 13.6 Å². The Balaban J connectivity index is 1.73. The fourth-order valence-electron chi connectivity index (χ4n) is 2.57. The lowest BCUT2D eigenvalue weighted by molar-refractivity contribution is -0.132. The molecular weight excluding hydrogens is 399 g/mol. The summed E-state index contributed by atoms with van der Waals surface area (Å²) in [6, 6.07) is 9.24. The van der Waals surface area contributed by atoms with Crippen molar-refractivity contribution in [1.29, 1.82) is 0 Å². The number of amides is 1. The van der Waals surface area contributed by atoms with E-state index in [0.717, 1.165) is 28.5 Å². The minimum Gasteiger partial charge on any atom is -0.334 e. The number of carbonyl (C=O) groups is 1. The Bertz CT molecular complexity index is 912. The van der Waals surface area contributed by atoms with Gasteiger partial charge in [0, 0.05) is 25.2 Å². The van der Waals surface area contributed by atoms with Crippen LogP contribution in [0.5, 0.6) is 0 Å². The van der Waals surface area contributed by atoms with E-state index >= 15 is 0 Å². The van der Waals surface area contributed by atoms with Gasteiger partial charge in [-0.1, -0.05) is 29.8 Å². The molecule has 1 aromatic carbocycles. The van der Waals surface area contributed by atoms with Gasteiger partial charge in [-0.2, -0.15) is 4.31 Å². The number of hydrogen-bond donors (Lipinski definition) is 0. The van der Waals surface area contributed by atoms with Gasteiger partial charge < -0.3 is 4.90 Å². The molecule has 26 heavy (non-hydrogen) atoms. The molecule has 0 atom stereocenters. The van der Waals surface area contributed by atoms with Gasteiger partial charge in [0.1, 0.15) is 10.0 Å². The van der Waals surface area contributed by atoms with Crippen molar-refractivity contribution in [3.63, 3.8) is 0 Å². The summed E-state index contributed by atoms with van der Waals surface area (Å²) in [5, 5.41) is 0. The third-order valence-electron chi connectivity index (χ3n) is 4.18. The summed E-state index contributed by atoms with van der Waals surface area (Å²) >= 11 is 6.75. The first-order valence-electron chi connectivity index (χ1n) is 8.03. The second-order valence-electron chi connectivity index (χ2n) is 6.16. The van der Waals surface area contributed by atoms with Crippen LogP contribution in [0.4, 0.5) is 4.39 Å². The van der Waals surface area contributed by atoms with Crippen molar-refractivity contribution in [3.8, 4) is 0 Å². The molecule has 1 aliphatic carbocycles. The smallest absolute Gasteiger partial charge is 0.252 e. The molecule has 1 amide bonds. The molecule has 0 saturated heterocycles. The minimum absolute atomic E-state index is 0.0365. The van der Waals surface area contributed by atoms with Gasteiger partial charge in [0.2, 0.25) is 5.91 Å². The average molecular weight is 417 g/mol. The van der Waals surface area contributed by atoms with E-state index in [1.807, 2.05) is 0 Å². The largest absolute Gasteiger partial charge is 0.334 e. The highest BCUT2D eigenvalue weighted by Crippen LogP contribution is 2.30. The third-order valence-corrected chi connectivity index (χ3v) is 7.68. The molecule has 0 N–H and O–H groups in total. The molecule has 0 bridgehead atoms. The Hall–Kier alpha value is -1.48. The second kappa shape index (κ2) is 7.64. The zero-order valence-corrected chi connectivity index (χ0v) is 16.5. The fourth-order valence-corrected chi connectivity index (χ4v) is 5.39. The van der Waals surface area contributed by atoms with E-state index in [4.69, 9.17) is 11.6 Å². The number of sulfonamides is 1. The molecule has 1 saturated carbocycles. The first-order valence-corrected chi connectivity index (χ1v) is 10.7. The fraction of sp³-hybridized carbons (Fsp3) is 0.353. The van der Waals surface area contributed by atoms with Gasteiger partial charge in [-0.25, -0.2) is 12.8 Å². The minimum atomic E-state index is -3.79. The van der Waals surface area contributed by atoms with E-state index in [-0.39, 0.29) is 35.1 Å². The number of rotatable bonds is 7. The molecule has 3 rings (SSSR count). The van der Waals surface area contributed by atoms with Crippen LogP contribution in [-0.4, -0.2) is 43.2 Å². The highest BCUT2D eigenvalue weighted by molar-refractivity contribution is 7.91. The van der Waals surface area contributed by atoms with E-state index < -0.39 is 10.0 Å². The lowest BCUT2D eigenvalue weighted by atomic mass is 10.2. The Morgan fingerprint density at radius 2 is 1.96 bits per heavy atom. The highest BCUT2D eigenvalue weighted by atomic mass is 35.5. The Morgan fingerprint density at radius 1 is 1.27 bits per heavy atom. The van der Waals surface area contributed by atoms with Crippen LogP contribution in [0.15, 0.2) is 40.6 Å². The maximum Gasteiger partial charge on any atom is 0.252 e. The van der Waals surface area contributed by atoms with Gasteiger partial charge >= 0.3 is 0 Å². The van der Waals surface area contributed by atoms with Crippen molar-refractivity contribution in [2.45, 2.75) is 29.6 Å². The molecule has 1 fully saturated rings. The number of carbonyl (C=O) groups excluding carboxylic acids is 1. The van der Waals surface area contributed by atoms with Crippen molar-refractivity contribution < 1.29 is 17.6 Å². The van der Waals surface area contributed by atoms with Gasteiger partial charge in [0.05, 0.1) is 10.9 Å². The van der Waals surface area contributed by atoms with Crippen LogP contribution in [0, 0.1) is 5.82 Å². The maximum atomic E-state index is 13.9. The lowest BCUT2D eigenvalue weighted by Gasteiger charge is -2.25. The van der Waals surface area contributed by atoms with Gasteiger partial charge in [-0.15, -0.1) is 11.3 Å². The van der Waals surface area contributed by atoms with E-state index in [9.17, 15) is 17.6 Å². The zero-order valence-electron chi connectivity index (χ0n) is 14.1. The average Bonchev–Trinajstić information content (AvgIpc) is 3.33. The summed E-state index contributed by atoms with van der Waals surface area (Å²) in [5.41, 5.74) is 0.420. The van der Waals surface area contributed by atoms with E-state index in [0.29, 0.717) is 9.90 Å². The first-order chi connectivity index (χ1) is 12.3. The molecule has 1 aliphatic rings. The van der Waals surface area contributed by atoms with E-state index in [1.54, 1.807) is 23.1 Å². The number of likely N-dealkylation sites (N-methyl/N-ethyl adjacent to an activating group) is 1. The molecule has 0 spiro atoms. The standard InChI is InChI=1S/C17H18ClFN2O3S2/c1-20(26(23,24)17-9-8-15(18)25-17)11-16(22)21(13-6-7-13)10-12-4-2-3-5-14(12)19/h2-5,8-9,13H,6-7,10-11H2,1H3. The number of benzene rings is 1. The van der Waals surface area contributed by atoms with Crippen LogP contribution in [0.3, 0.4) is 0 Å². The number of thiophene rings is 1. The van der Waals surface area contributed by atoms with E-state index in [1.165, 1.54) is 25.2 Å². The molecule has 0 radical (unpaired) electrons. The van der Waals surface area contributed by atoms with Crippen LogP contribution in [0.1, 0.15) is 18.4 Å². The Morgan fingerprint density at radius 3 is 2.54 bits per heavy atom. The van der Waals surface area contributed by atoms with Crippen molar-refractivity contribution in [2.24, 2.45) is 0 Å². The van der Waals surface area contributed by atoms with Crippen LogP contribution >= 0.6 is 22.9 Å². The van der Waals surface area contributed by atoms with E-state index in [2.05, 4.69) is 0 Å². The number of halogens is 2. The van der Waals surface area contributed by atoms with Crippen molar-refractivity contribution in [3.05, 3.63) is 52.1 Å². The molecule has 0 aliphatic heterocycles. The molecule has 0 unspecified atom stereocenters. The van der Waals surface area contributed by atoms with Crippen LogP contribution in [0.2, 0.25) is 4.34 Å². The molecule has 1 aromatic heterocycles. The summed E-state index contributed by atoms with van der Waals surface area (Å²) in [6.07, 6.45) is 1.69.